The number of aromatic nitrogens is 3. The highest BCUT2D eigenvalue weighted by Crippen LogP contribution is 2.34. The first-order valence-corrected chi connectivity index (χ1v) is 9.77. The molecule has 1 aliphatic heterocycles. The molecular weight excluding hydrogens is 397 g/mol. The molecule has 4 rings (SSSR count). The number of phenols is 1. The van der Waals surface area contributed by atoms with Gasteiger partial charge in [0.2, 0.25) is 0 Å². The molecule has 2 aromatic heterocycles. The van der Waals surface area contributed by atoms with Gasteiger partial charge in [-0.2, -0.15) is 18.3 Å². The van der Waals surface area contributed by atoms with E-state index in [-0.39, 0.29) is 17.3 Å². The summed E-state index contributed by atoms with van der Waals surface area (Å²) in [6.45, 7) is 3.84. The number of benzene rings is 1. The summed E-state index contributed by atoms with van der Waals surface area (Å²) in [5, 5.41) is 13.7. The maximum atomic E-state index is 13.5. The van der Waals surface area contributed by atoms with Crippen LogP contribution >= 0.6 is 0 Å². The van der Waals surface area contributed by atoms with Gasteiger partial charge >= 0.3 is 6.18 Å². The molecule has 9 heteroatoms. The van der Waals surface area contributed by atoms with Gasteiger partial charge in [-0.1, -0.05) is 6.07 Å². The van der Waals surface area contributed by atoms with Crippen molar-refractivity contribution in [1.82, 2.24) is 19.5 Å². The predicted molar refractivity (Wildman–Crippen MR) is 105 cm³/mol. The SMILES string of the molecule is COc1cc(CN2CCC(c3cc(C(F)(F)F)n4nc(C)cc4n3)CC2)ccc1O. The molecule has 6 nitrogen and oxygen atoms in total. The Morgan fingerprint density at radius 3 is 2.57 bits per heavy atom. The molecule has 0 bridgehead atoms. The maximum Gasteiger partial charge on any atom is 0.433 e. The molecule has 0 unspecified atom stereocenters. The van der Waals surface area contributed by atoms with Crippen LogP contribution in [-0.2, 0) is 12.7 Å². The number of hydrogen-bond acceptors (Lipinski definition) is 5. The van der Waals surface area contributed by atoms with Crippen LogP contribution in [0.2, 0.25) is 0 Å². The van der Waals surface area contributed by atoms with Crippen LogP contribution < -0.4 is 4.74 Å². The number of aryl methyl sites for hydroxylation is 1. The van der Waals surface area contributed by atoms with E-state index >= 15 is 0 Å². The summed E-state index contributed by atoms with van der Waals surface area (Å²) in [6, 6.07) is 7.97. The largest absolute Gasteiger partial charge is 0.504 e. The predicted octanol–water partition coefficient (Wildman–Crippen LogP) is 4.15. The third-order valence-corrected chi connectivity index (χ3v) is 5.52. The van der Waals surface area contributed by atoms with Gasteiger partial charge in [0.1, 0.15) is 5.69 Å². The van der Waals surface area contributed by atoms with E-state index in [9.17, 15) is 18.3 Å². The van der Waals surface area contributed by atoms with Crippen LogP contribution in [0.25, 0.3) is 5.65 Å². The van der Waals surface area contributed by atoms with Crippen LogP contribution in [0.1, 0.15) is 41.4 Å². The van der Waals surface area contributed by atoms with E-state index in [2.05, 4.69) is 15.0 Å². The normalized spacial score (nSPS) is 16.3. The number of nitrogens with zero attached hydrogens (tertiary/aromatic N) is 4. The molecule has 0 atom stereocenters. The Balaban J connectivity index is 1.49. The number of halogens is 3. The molecule has 30 heavy (non-hydrogen) atoms. The number of likely N-dealkylation sites (tertiary alicyclic amines) is 1. The number of fused-ring (bicyclic) bond motifs is 1. The van der Waals surface area contributed by atoms with Gasteiger partial charge in [0.25, 0.3) is 0 Å². The van der Waals surface area contributed by atoms with E-state index in [0.717, 1.165) is 42.1 Å². The maximum absolute atomic E-state index is 13.5. The highest BCUT2D eigenvalue weighted by Gasteiger charge is 2.36. The van der Waals surface area contributed by atoms with Gasteiger partial charge in [-0.05, 0) is 56.6 Å². The van der Waals surface area contributed by atoms with E-state index in [1.807, 2.05) is 6.07 Å². The van der Waals surface area contributed by atoms with E-state index in [1.165, 1.54) is 7.11 Å². The molecule has 0 radical (unpaired) electrons. The lowest BCUT2D eigenvalue weighted by molar-refractivity contribution is -0.142. The third-order valence-electron chi connectivity index (χ3n) is 5.52. The summed E-state index contributed by atoms with van der Waals surface area (Å²) >= 11 is 0. The molecule has 3 aromatic rings. The Morgan fingerprint density at radius 1 is 1.17 bits per heavy atom. The van der Waals surface area contributed by atoms with Crippen LogP contribution in [0.15, 0.2) is 30.3 Å². The number of aromatic hydroxyl groups is 1. The molecule has 1 aromatic carbocycles. The van der Waals surface area contributed by atoms with Crippen molar-refractivity contribution in [2.45, 2.75) is 38.4 Å². The van der Waals surface area contributed by atoms with Crippen LogP contribution in [-0.4, -0.2) is 44.8 Å². The van der Waals surface area contributed by atoms with Gasteiger partial charge < -0.3 is 9.84 Å². The van der Waals surface area contributed by atoms with Crippen molar-refractivity contribution in [2.75, 3.05) is 20.2 Å². The van der Waals surface area contributed by atoms with Crippen molar-refractivity contribution in [3.8, 4) is 11.5 Å². The van der Waals surface area contributed by atoms with Crippen molar-refractivity contribution in [3.63, 3.8) is 0 Å². The van der Waals surface area contributed by atoms with Gasteiger partial charge in [0.15, 0.2) is 17.1 Å². The summed E-state index contributed by atoms with van der Waals surface area (Å²) < 4.78 is 46.7. The monoisotopic (exact) mass is 420 g/mol. The van der Waals surface area contributed by atoms with Gasteiger partial charge in [0, 0.05) is 24.2 Å². The third kappa shape index (κ3) is 4.07. The number of hydrogen-bond donors (Lipinski definition) is 1. The van der Waals surface area contributed by atoms with Gasteiger partial charge in [-0.15, -0.1) is 0 Å². The van der Waals surface area contributed by atoms with Gasteiger partial charge in [0.05, 0.1) is 12.8 Å². The lowest BCUT2D eigenvalue weighted by Gasteiger charge is -2.32. The Morgan fingerprint density at radius 2 is 1.90 bits per heavy atom. The molecular formula is C21H23F3N4O2. The van der Waals surface area contributed by atoms with E-state index in [0.29, 0.717) is 23.7 Å². The molecule has 1 saturated heterocycles. The standard InChI is InChI=1S/C21H23F3N4O2/c1-13-9-20-25-16(11-19(21(22,23)24)28(20)26-13)15-5-7-27(8-6-15)12-14-3-4-17(29)18(10-14)30-2/h3-4,9-11,15,29H,5-8,12H2,1-2H3. The second-order valence-corrected chi connectivity index (χ2v) is 7.68. The fourth-order valence-corrected chi connectivity index (χ4v) is 3.98. The smallest absolute Gasteiger partial charge is 0.433 e. The van der Waals surface area contributed by atoms with Gasteiger partial charge in [-0.3, -0.25) is 4.90 Å². The molecule has 1 fully saturated rings. The molecule has 0 saturated carbocycles. The van der Waals surface area contributed by atoms with Crippen molar-refractivity contribution in [1.29, 1.82) is 0 Å². The Hall–Kier alpha value is -2.81. The molecule has 1 aliphatic rings. The number of methoxy groups -OCH3 is 1. The van der Waals surface area contributed by atoms with E-state index in [1.54, 1.807) is 25.1 Å². The quantitative estimate of drug-likeness (QED) is 0.687. The Bertz CT molecular complexity index is 1060. The topological polar surface area (TPSA) is 62.9 Å². The molecule has 3 heterocycles. The van der Waals surface area contributed by atoms with Crippen molar-refractivity contribution >= 4 is 5.65 Å². The zero-order valence-corrected chi connectivity index (χ0v) is 16.8. The average molecular weight is 420 g/mol. The fourth-order valence-electron chi connectivity index (χ4n) is 3.98. The first kappa shape index (κ1) is 20.5. The summed E-state index contributed by atoms with van der Waals surface area (Å²) in [5.41, 5.74) is 1.44. The van der Waals surface area contributed by atoms with Crippen molar-refractivity contribution in [3.05, 3.63) is 53.0 Å². The lowest BCUT2D eigenvalue weighted by Crippen LogP contribution is -2.33. The molecule has 160 valence electrons. The zero-order valence-electron chi connectivity index (χ0n) is 16.8. The average Bonchev–Trinajstić information content (AvgIpc) is 3.08. The van der Waals surface area contributed by atoms with Crippen LogP contribution in [0, 0.1) is 6.92 Å². The number of rotatable bonds is 4. The minimum atomic E-state index is -4.49. The number of ether oxygens (including phenoxy) is 1. The summed E-state index contributed by atoms with van der Waals surface area (Å²) in [7, 11) is 1.51. The van der Waals surface area contributed by atoms with Crippen molar-refractivity contribution in [2.24, 2.45) is 0 Å². The summed E-state index contributed by atoms with van der Waals surface area (Å²) in [4.78, 5) is 6.72. The summed E-state index contributed by atoms with van der Waals surface area (Å²) in [5.74, 6) is 0.490. The van der Waals surface area contributed by atoms with Gasteiger partial charge in [-0.25, -0.2) is 9.50 Å². The Kier molecular flexibility index (Phi) is 5.31. The molecule has 1 N–H and O–H groups in total. The minimum absolute atomic E-state index is 0.0306. The number of phenolic OH excluding ortho intramolecular Hbond substituents is 1. The first-order chi connectivity index (χ1) is 14.2. The first-order valence-electron chi connectivity index (χ1n) is 9.77. The van der Waals surface area contributed by atoms with Crippen LogP contribution in [0.3, 0.4) is 0 Å². The minimum Gasteiger partial charge on any atom is -0.504 e. The second-order valence-electron chi connectivity index (χ2n) is 7.68. The van der Waals surface area contributed by atoms with E-state index in [4.69, 9.17) is 4.74 Å². The highest BCUT2D eigenvalue weighted by molar-refractivity contribution is 5.43. The second kappa shape index (κ2) is 7.79. The van der Waals surface area contributed by atoms with Crippen LogP contribution in [0.5, 0.6) is 11.5 Å². The van der Waals surface area contributed by atoms with Crippen molar-refractivity contribution < 1.29 is 23.0 Å². The lowest BCUT2D eigenvalue weighted by atomic mass is 9.92. The number of alkyl halides is 3. The Labute approximate surface area is 171 Å². The fraction of sp³-hybridized carbons (Fsp3) is 0.429. The number of piperidine rings is 1. The molecule has 0 spiro atoms. The molecule has 0 amide bonds. The van der Waals surface area contributed by atoms with E-state index < -0.39 is 11.9 Å². The van der Waals surface area contributed by atoms with Crippen LogP contribution in [0.4, 0.5) is 13.2 Å². The highest BCUT2D eigenvalue weighted by atomic mass is 19.4. The summed E-state index contributed by atoms with van der Waals surface area (Å²) in [6.07, 6.45) is -3.04. The zero-order chi connectivity index (χ0) is 21.5. The molecule has 0 aliphatic carbocycles.